The van der Waals surface area contributed by atoms with Crippen molar-refractivity contribution in [1.82, 2.24) is 0 Å². The molecule has 0 heterocycles. The van der Waals surface area contributed by atoms with Crippen LogP contribution in [0.5, 0.6) is 0 Å². The van der Waals surface area contributed by atoms with E-state index < -0.39 is 0 Å². The zero-order valence-electron chi connectivity index (χ0n) is 27.9. The van der Waals surface area contributed by atoms with Gasteiger partial charge < -0.3 is 0 Å². The van der Waals surface area contributed by atoms with Gasteiger partial charge in [-0.25, -0.2) is 0 Å². The van der Waals surface area contributed by atoms with Crippen LogP contribution in [0.15, 0.2) is 0 Å². The summed E-state index contributed by atoms with van der Waals surface area (Å²) in [6, 6.07) is 0. The summed E-state index contributed by atoms with van der Waals surface area (Å²) < 4.78 is 0. The van der Waals surface area contributed by atoms with Gasteiger partial charge in [0, 0.05) is 0 Å². The van der Waals surface area contributed by atoms with Crippen LogP contribution in [0.4, 0.5) is 0 Å². The molecule has 4 atom stereocenters. The fraction of sp³-hybridized carbons (Fsp3) is 1.00. The van der Waals surface area contributed by atoms with Crippen molar-refractivity contribution in [3.8, 4) is 0 Å². The van der Waals surface area contributed by atoms with Crippen molar-refractivity contribution < 1.29 is 17.0 Å². The van der Waals surface area contributed by atoms with E-state index in [1.165, 1.54) is 12.8 Å². The molecule has 0 aromatic heterocycles. The molecule has 35 heavy (non-hydrogen) atoms. The van der Waals surface area contributed by atoms with Crippen molar-refractivity contribution >= 4 is 13.5 Å². The Kier molecular flexibility index (Phi) is 12.1. The van der Waals surface area contributed by atoms with Gasteiger partial charge in [0.05, 0.1) is 0 Å². The molecule has 4 unspecified atom stereocenters. The van der Waals surface area contributed by atoms with E-state index >= 15 is 0 Å². The molecule has 0 fully saturated rings. The van der Waals surface area contributed by atoms with Crippen LogP contribution in [0.25, 0.3) is 0 Å². The zero-order valence-corrected chi connectivity index (χ0v) is 31.4. The third kappa shape index (κ3) is 7.38. The van der Waals surface area contributed by atoms with Gasteiger partial charge in [-0.05, 0) is 0 Å². The van der Waals surface area contributed by atoms with E-state index in [1.54, 1.807) is 0 Å². The van der Waals surface area contributed by atoms with Crippen molar-refractivity contribution in [2.45, 2.75) is 162 Å². The van der Waals surface area contributed by atoms with Gasteiger partial charge in [-0.2, -0.15) is 0 Å². The summed E-state index contributed by atoms with van der Waals surface area (Å²) in [4.78, 5) is 0. The quantitative estimate of drug-likeness (QED) is 0.187. The molecule has 216 valence electrons. The summed E-state index contributed by atoms with van der Waals surface area (Å²) in [5.41, 5.74) is 1.67. The van der Waals surface area contributed by atoms with Crippen molar-refractivity contribution in [2.75, 3.05) is 0 Å². The Hall–Kier alpha value is 1.52. The first-order valence-corrected chi connectivity index (χ1v) is 20.5. The summed E-state index contributed by atoms with van der Waals surface area (Å²) in [6.07, 6.45) is 2.54. The van der Waals surface area contributed by atoms with E-state index in [-0.39, 0.29) is 21.7 Å². The molecule has 0 aliphatic rings. The van der Waals surface area contributed by atoms with Crippen LogP contribution < -0.4 is 0 Å². The summed E-state index contributed by atoms with van der Waals surface area (Å²) in [5.74, 6) is 1.42. The van der Waals surface area contributed by atoms with E-state index in [0.29, 0.717) is 33.0 Å². The first-order valence-electron chi connectivity index (χ1n) is 14.2. The molecule has 0 aromatic rings. The van der Waals surface area contributed by atoms with E-state index in [4.69, 9.17) is 0 Å². The van der Waals surface area contributed by atoms with Crippen molar-refractivity contribution in [1.29, 1.82) is 0 Å². The molecule has 0 rings (SSSR count). The first-order chi connectivity index (χ1) is 15.1. The van der Waals surface area contributed by atoms with Crippen LogP contribution in [0.2, 0.25) is 0 Å². The molecule has 0 bridgehead atoms. The van der Waals surface area contributed by atoms with Gasteiger partial charge in [0.15, 0.2) is 0 Å². The summed E-state index contributed by atoms with van der Waals surface area (Å²) in [6.45, 7) is 52.7. The maximum atomic E-state index is 2.56. The number of hydrogen-bond donors (Lipinski definition) is 0. The van der Waals surface area contributed by atoms with Crippen LogP contribution in [0, 0.1) is 44.3 Å². The van der Waals surface area contributed by atoms with Crippen LogP contribution >= 0.6 is 13.5 Å². The summed E-state index contributed by atoms with van der Waals surface area (Å²) in [7, 11) is 0. The van der Waals surface area contributed by atoms with E-state index in [0.717, 1.165) is 30.5 Å². The summed E-state index contributed by atoms with van der Waals surface area (Å²) in [5, 5.41) is 0.638. The van der Waals surface area contributed by atoms with Crippen molar-refractivity contribution in [2.24, 2.45) is 44.3 Å². The Morgan fingerprint density at radius 3 is 0.743 bits per heavy atom. The van der Waals surface area contributed by atoms with E-state index in [1.807, 2.05) is 0 Å². The molecule has 0 radical (unpaired) electrons. The fourth-order valence-corrected chi connectivity index (χ4v) is 26.8. The van der Waals surface area contributed by atoms with Crippen LogP contribution in [0.1, 0.15) is 151 Å². The third-order valence-electron chi connectivity index (χ3n) is 9.01. The molecular formula is C32H68P2Pd. The minimum atomic E-state index is 0.265. The Labute approximate surface area is 235 Å². The molecule has 0 aliphatic heterocycles. The Morgan fingerprint density at radius 2 is 0.629 bits per heavy atom. The molecule has 0 N–H and O–H groups in total. The molecular weight excluding hydrogens is 553 g/mol. The Balaban J connectivity index is 7.00. The maximum absolute atomic E-state index is 2.56. The second kappa shape index (κ2) is 11.6. The van der Waals surface area contributed by atoms with Crippen molar-refractivity contribution in [3.63, 3.8) is 0 Å². The predicted molar refractivity (Wildman–Crippen MR) is 166 cm³/mol. The van der Waals surface area contributed by atoms with Crippen LogP contribution in [-0.2, 0) is 17.0 Å². The van der Waals surface area contributed by atoms with Gasteiger partial charge in [0.25, 0.3) is 0 Å². The molecule has 0 saturated heterocycles. The molecule has 0 amide bonds. The third-order valence-corrected chi connectivity index (χ3v) is 21.0. The number of hydrogen-bond acceptors (Lipinski definition) is 0. The second-order valence-corrected chi connectivity index (χ2v) is 25.9. The number of rotatable bonds is 8. The van der Waals surface area contributed by atoms with Gasteiger partial charge in [-0.3, -0.25) is 0 Å². The van der Waals surface area contributed by atoms with Gasteiger partial charge in [-0.15, -0.1) is 0 Å². The summed E-state index contributed by atoms with van der Waals surface area (Å²) >= 11 is 0.771. The van der Waals surface area contributed by atoms with Gasteiger partial charge in [0.2, 0.25) is 0 Å². The van der Waals surface area contributed by atoms with E-state index in [9.17, 15) is 0 Å². The SMILES string of the molecule is CCC(C(C)(C)C)C([PH][Pd][PH]C(C(CC)C(C)(C)C)(C(C)(C)C)C(C)(C)C)(C(C)(C)C)C(C)(C)C. The van der Waals surface area contributed by atoms with Crippen LogP contribution in [-0.4, -0.2) is 10.3 Å². The average molecular weight is 621 g/mol. The monoisotopic (exact) mass is 620 g/mol. The van der Waals surface area contributed by atoms with Crippen molar-refractivity contribution in [3.05, 3.63) is 0 Å². The normalized spacial score (nSPS) is 18.3. The van der Waals surface area contributed by atoms with Gasteiger partial charge in [-0.1, -0.05) is 0 Å². The minimum absolute atomic E-state index is 0.265. The van der Waals surface area contributed by atoms with Crippen LogP contribution in [0.3, 0.4) is 0 Å². The molecule has 0 spiro atoms. The average Bonchev–Trinajstić information content (AvgIpc) is 2.53. The second-order valence-electron chi connectivity index (χ2n) is 17.5. The standard InChI is InChI=1S/2C16H34P.Pd/c2*1-11-12(13(2,3)4)16(17,14(5,6)7)15(8,9)10;/h2*12,17H,11H2,1-10H3;/q2*-1;+2. The topological polar surface area (TPSA) is 0 Å². The molecule has 0 aromatic carbocycles. The zero-order chi connectivity index (χ0) is 28.7. The Morgan fingerprint density at radius 1 is 0.429 bits per heavy atom. The first kappa shape index (κ1) is 36.5. The molecule has 3 heteroatoms. The molecule has 0 saturated carbocycles. The fourth-order valence-electron chi connectivity index (χ4n) is 8.21. The van der Waals surface area contributed by atoms with Gasteiger partial charge >= 0.3 is 236 Å². The molecule has 0 nitrogen and oxygen atoms in total. The predicted octanol–water partition coefficient (Wildman–Crippen LogP) is 12.1. The molecule has 0 aliphatic carbocycles. The Bertz CT molecular complexity index is 565. The van der Waals surface area contributed by atoms with E-state index in [2.05, 4.69) is 138 Å². The van der Waals surface area contributed by atoms with Gasteiger partial charge in [0.1, 0.15) is 0 Å².